The van der Waals surface area contributed by atoms with Crippen LogP contribution in [0.2, 0.25) is 0 Å². The first-order chi connectivity index (χ1) is 11.8. The van der Waals surface area contributed by atoms with Crippen LogP contribution in [0.3, 0.4) is 0 Å². The van der Waals surface area contributed by atoms with E-state index < -0.39 is 15.7 Å². The van der Waals surface area contributed by atoms with Crippen molar-refractivity contribution in [1.29, 1.82) is 0 Å². The Morgan fingerprint density at radius 1 is 1.24 bits per heavy atom. The summed E-state index contributed by atoms with van der Waals surface area (Å²) in [6.45, 7) is 0. The van der Waals surface area contributed by atoms with Crippen molar-refractivity contribution in [2.45, 2.75) is 4.90 Å². The zero-order valence-corrected chi connectivity index (χ0v) is 14.3. The van der Waals surface area contributed by atoms with Gasteiger partial charge in [0.1, 0.15) is 17.2 Å². The van der Waals surface area contributed by atoms with Gasteiger partial charge in [0.15, 0.2) is 15.6 Å². The molecule has 0 saturated carbocycles. The molecule has 0 fully saturated rings. The molecule has 3 aromatic rings. The summed E-state index contributed by atoms with van der Waals surface area (Å²) in [5.41, 5.74) is 7.45. The average molecular weight is 362 g/mol. The van der Waals surface area contributed by atoms with Gasteiger partial charge in [0.25, 0.3) is 0 Å². The van der Waals surface area contributed by atoms with Crippen LogP contribution in [0.1, 0.15) is 0 Å². The molecule has 0 bridgehead atoms. The number of benzene rings is 2. The molecule has 0 saturated heterocycles. The standard InChI is InChI=1S/C16H15FN4O3S/c1-24-16-11(4-3-5-13(16)18)14-9-21(20-19-14)15-7-6-10(8-12(15)17)25(2,22)23/h3-9H,18H2,1-2H3. The Hall–Kier alpha value is -2.94. The van der Waals surface area contributed by atoms with E-state index in [2.05, 4.69) is 10.3 Å². The Balaban J connectivity index is 2.05. The molecule has 0 spiro atoms. The molecule has 0 aliphatic heterocycles. The molecular weight excluding hydrogens is 347 g/mol. The number of hydrogen-bond donors (Lipinski definition) is 1. The van der Waals surface area contributed by atoms with Crippen molar-refractivity contribution in [3.63, 3.8) is 0 Å². The monoisotopic (exact) mass is 362 g/mol. The van der Waals surface area contributed by atoms with E-state index in [0.29, 0.717) is 22.7 Å². The maximum absolute atomic E-state index is 14.3. The van der Waals surface area contributed by atoms with E-state index in [1.165, 1.54) is 30.1 Å². The number of methoxy groups -OCH3 is 1. The highest BCUT2D eigenvalue weighted by molar-refractivity contribution is 7.90. The predicted octanol–water partition coefficient (Wildman–Crippen LogP) is 2.07. The minimum atomic E-state index is -3.49. The molecule has 0 atom stereocenters. The quantitative estimate of drug-likeness (QED) is 0.713. The van der Waals surface area contributed by atoms with E-state index in [1.54, 1.807) is 18.2 Å². The van der Waals surface area contributed by atoms with Crippen LogP contribution in [0.25, 0.3) is 16.9 Å². The number of aromatic nitrogens is 3. The van der Waals surface area contributed by atoms with Gasteiger partial charge in [0.05, 0.1) is 23.9 Å². The number of para-hydroxylation sites is 1. The van der Waals surface area contributed by atoms with Crippen LogP contribution in [0.4, 0.5) is 10.1 Å². The largest absolute Gasteiger partial charge is 0.494 e. The molecule has 0 unspecified atom stereocenters. The number of nitrogens with zero attached hydrogens (tertiary/aromatic N) is 3. The van der Waals surface area contributed by atoms with Gasteiger partial charge in [0.2, 0.25) is 0 Å². The van der Waals surface area contributed by atoms with Gasteiger partial charge in [0, 0.05) is 11.8 Å². The third-order valence-corrected chi connectivity index (χ3v) is 4.72. The topological polar surface area (TPSA) is 100 Å². The second-order valence-electron chi connectivity index (χ2n) is 5.36. The van der Waals surface area contributed by atoms with Gasteiger partial charge in [-0.3, -0.25) is 0 Å². The van der Waals surface area contributed by atoms with Gasteiger partial charge in [-0.05, 0) is 30.3 Å². The van der Waals surface area contributed by atoms with E-state index in [9.17, 15) is 12.8 Å². The number of halogens is 1. The molecule has 3 rings (SSSR count). The molecule has 0 aliphatic carbocycles. The summed E-state index contributed by atoms with van der Waals surface area (Å²) in [6.07, 6.45) is 2.52. The van der Waals surface area contributed by atoms with Crippen LogP contribution < -0.4 is 10.5 Å². The SMILES string of the molecule is COc1c(N)cccc1-c1cn(-c2ccc(S(C)(=O)=O)cc2F)nn1. The van der Waals surface area contributed by atoms with Crippen LogP contribution in [0.5, 0.6) is 5.75 Å². The normalized spacial score (nSPS) is 11.5. The van der Waals surface area contributed by atoms with Crippen LogP contribution in [0.15, 0.2) is 47.5 Å². The highest BCUT2D eigenvalue weighted by atomic mass is 32.2. The average Bonchev–Trinajstić information content (AvgIpc) is 3.03. The van der Waals surface area contributed by atoms with Crippen LogP contribution in [-0.4, -0.2) is 36.8 Å². The van der Waals surface area contributed by atoms with Crippen molar-refractivity contribution in [2.75, 3.05) is 19.1 Å². The summed E-state index contributed by atoms with van der Waals surface area (Å²) in [5.74, 6) is -0.277. The second kappa shape index (κ2) is 6.17. The molecular formula is C16H15FN4O3S. The first kappa shape index (κ1) is 16.9. The Morgan fingerprint density at radius 3 is 2.64 bits per heavy atom. The lowest BCUT2D eigenvalue weighted by Crippen LogP contribution is -2.02. The molecule has 2 N–H and O–H groups in total. The molecule has 9 heteroatoms. The molecule has 0 radical (unpaired) electrons. The number of nitrogen functional groups attached to an aromatic ring is 1. The number of nitrogens with two attached hydrogens (primary N) is 1. The summed E-state index contributed by atoms with van der Waals surface area (Å²) in [5, 5.41) is 7.92. The third-order valence-electron chi connectivity index (χ3n) is 3.61. The molecule has 7 nitrogen and oxygen atoms in total. The van der Waals surface area contributed by atoms with Crippen LogP contribution >= 0.6 is 0 Å². The Kier molecular flexibility index (Phi) is 4.17. The molecule has 1 aromatic heterocycles. The minimum Gasteiger partial charge on any atom is -0.494 e. The smallest absolute Gasteiger partial charge is 0.175 e. The summed E-state index contributed by atoms with van der Waals surface area (Å²) in [7, 11) is -2.00. The third kappa shape index (κ3) is 3.18. The first-order valence-electron chi connectivity index (χ1n) is 7.16. The summed E-state index contributed by atoms with van der Waals surface area (Å²) >= 11 is 0. The van der Waals surface area contributed by atoms with E-state index in [-0.39, 0.29) is 10.6 Å². The lowest BCUT2D eigenvalue weighted by Gasteiger charge is -2.08. The number of anilines is 1. The zero-order chi connectivity index (χ0) is 18.2. The summed E-state index contributed by atoms with van der Waals surface area (Å²) in [4.78, 5) is -0.105. The van der Waals surface area contributed by atoms with Gasteiger partial charge in [-0.2, -0.15) is 0 Å². The number of ether oxygens (including phenoxy) is 1. The van der Waals surface area contributed by atoms with E-state index >= 15 is 0 Å². The highest BCUT2D eigenvalue weighted by Gasteiger charge is 2.16. The van der Waals surface area contributed by atoms with Crippen LogP contribution in [-0.2, 0) is 9.84 Å². The fourth-order valence-electron chi connectivity index (χ4n) is 2.39. The van der Waals surface area contributed by atoms with Crippen molar-refractivity contribution in [1.82, 2.24) is 15.0 Å². The van der Waals surface area contributed by atoms with E-state index in [0.717, 1.165) is 12.3 Å². The van der Waals surface area contributed by atoms with Crippen molar-refractivity contribution in [3.05, 3.63) is 48.4 Å². The maximum Gasteiger partial charge on any atom is 0.175 e. The summed E-state index contributed by atoms with van der Waals surface area (Å²) < 4.78 is 43.8. The number of sulfone groups is 1. The molecule has 0 amide bonds. The number of hydrogen-bond acceptors (Lipinski definition) is 6. The predicted molar refractivity (Wildman–Crippen MR) is 90.8 cm³/mol. The Bertz CT molecular complexity index is 1050. The van der Waals surface area contributed by atoms with E-state index in [4.69, 9.17) is 10.5 Å². The minimum absolute atomic E-state index is 0.0778. The highest BCUT2D eigenvalue weighted by Crippen LogP contribution is 2.33. The van der Waals surface area contributed by atoms with Crippen molar-refractivity contribution in [2.24, 2.45) is 0 Å². The number of rotatable bonds is 4. The molecule has 2 aromatic carbocycles. The fourth-order valence-corrected chi connectivity index (χ4v) is 3.03. The maximum atomic E-state index is 14.3. The fraction of sp³-hybridized carbons (Fsp3) is 0.125. The zero-order valence-electron chi connectivity index (χ0n) is 13.5. The van der Waals surface area contributed by atoms with Gasteiger partial charge in [-0.25, -0.2) is 17.5 Å². The molecule has 130 valence electrons. The van der Waals surface area contributed by atoms with Gasteiger partial charge in [-0.1, -0.05) is 11.3 Å². The van der Waals surface area contributed by atoms with E-state index in [1.807, 2.05) is 0 Å². The van der Waals surface area contributed by atoms with Gasteiger partial charge in [-0.15, -0.1) is 5.10 Å². The van der Waals surface area contributed by atoms with Gasteiger partial charge < -0.3 is 10.5 Å². The molecule has 0 aliphatic rings. The molecule has 25 heavy (non-hydrogen) atoms. The molecule has 1 heterocycles. The van der Waals surface area contributed by atoms with Crippen LogP contribution in [0, 0.1) is 5.82 Å². The van der Waals surface area contributed by atoms with Crippen molar-refractivity contribution >= 4 is 15.5 Å². The van der Waals surface area contributed by atoms with Gasteiger partial charge >= 0.3 is 0 Å². The Morgan fingerprint density at radius 2 is 2.00 bits per heavy atom. The Labute approximate surface area is 143 Å². The lowest BCUT2D eigenvalue weighted by atomic mass is 10.1. The lowest BCUT2D eigenvalue weighted by molar-refractivity contribution is 0.418. The van der Waals surface area contributed by atoms with Crippen molar-refractivity contribution in [3.8, 4) is 22.7 Å². The second-order valence-corrected chi connectivity index (χ2v) is 7.38. The van der Waals surface area contributed by atoms with Crippen molar-refractivity contribution < 1.29 is 17.5 Å². The summed E-state index contributed by atoms with van der Waals surface area (Å²) in [6, 6.07) is 8.79. The first-order valence-corrected chi connectivity index (χ1v) is 9.05.